The highest BCUT2D eigenvalue weighted by atomic mass is 35.5. The average molecular weight is 306 g/mol. The van der Waals surface area contributed by atoms with Gasteiger partial charge in [0.1, 0.15) is 0 Å². The monoisotopic (exact) mass is 305 g/mol. The van der Waals surface area contributed by atoms with Gasteiger partial charge in [0.05, 0.1) is 10.0 Å². The summed E-state index contributed by atoms with van der Waals surface area (Å²) in [6, 6.07) is 13.0. The molecule has 1 heterocycles. The minimum absolute atomic E-state index is 0.341. The molecule has 0 amide bonds. The molecule has 4 nitrogen and oxygen atoms in total. The molecule has 0 aliphatic rings. The molecular weight excluding hydrogens is 297 g/mol. The van der Waals surface area contributed by atoms with E-state index in [0.717, 1.165) is 16.7 Å². The van der Waals surface area contributed by atoms with E-state index in [0.29, 0.717) is 15.9 Å². The van der Waals surface area contributed by atoms with Crippen molar-refractivity contribution in [3.8, 4) is 22.5 Å². The zero-order chi connectivity index (χ0) is 14.1. The van der Waals surface area contributed by atoms with Crippen molar-refractivity contribution in [2.45, 2.75) is 0 Å². The highest BCUT2D eigenvalue weighted by Crippen LogP contribution is 2.34. The quantitative estimate of drug-likeness (QED) is 0.757. The first-order valence-corrected chi connectivity index (χ1v) is 6.60. The van der Waals surface area contributed by atoms with Crippen molar-refractivity contribution in [3.05, 3.63) is 63.0 Å². The first-order chi connectivity index (χ1) is 9.65. The summed E-state index contributed by atoms with van der Waals surface area (Å²) in [6.07, 6.45) is 0. The Morgan fingerprint density at radius 3 is 2.50 bits per heavy atom. The number of nitrogens with zero attached hydrogens (tertiary/aromatic N) is 1. The average Bonchev–Trinajstić information content (AvgIpc) is 2.89. The minimum atomic E-state index is -0.341. The van der Waals surface area contributed by atoms with Gasteiger partial charge in [0.2, 0.25) is 0 Å². The maximum Gasteiger partial charge on any atom is 0.340 e. The number of halogens is 2. The van der Waals surface area contributed by atoms with E-state index in [1.165, 1.54) is 0 Å². The van der Waals surface area contributed by atoms with Crippen LogP contribution in [0.2, 0.25) is 10.0 Å². The van der Waals surface area contributed by atoms with Crippen LogP contribution >= 0.6 is 23.2 Å². The number of nitrogens with one attached hydrogen (secondary N) is 2. The summed E-state index contributed by atoms with van der Waals surface area (Å²) in [5.74, 6) is 0.481. The predicted octanol–water partition coefficient (Wildman–Crippen LogP) is 3.74. The van der Waals surface area contributed by atoms with Gasteiger partial charge >= 0.3 is 5.69 Å². The number of H-pyrrole nitrogens is 2. The van der Waals surface area contributed by atoms with Gasteiger partial charge in [-0.2, -0.15) is 5.10 Å². The summed E-state index contributed by atoms with van der Waals surface area (Å²) >= 11 is 12.2. The fraction of sp³-hybridized carbons (Fsp3) is 0. The molecule has 0 radical (unpaired) electrons. The number of aromatic nitrogens is 3. The van der Waals surface area contributed by atoms with E-state index in [4.69, 9.17) is 23.2 Å². The summed E-state index contributed by atoms with van der Waals surface area (Å²) in [5.41, 5.74) is 2.18. The molecule has 3 aromatic rings. The lowest BCUT2D eigenvalue weighted by Crippen LogP contribution is -2.00. The highest BCUT2D eigenvalue weighted by Gasteiger charge is 2.09. The van der Waals surface area contributed by atoms with Crippen molar-refractivity contribution < 1.29 is 0 Å². The third kappa shape index (κ3) is 2.35. The van der Waals surface area contributed by atoms with Gasteiger partial charge < -0.3 is 0 Å². The van der Waals surface area contributed by atoms with Crippen LogP contribution in [0.1, 0.15) is 0 Å². The molecule has 2 aromatic carbocycles. The van der Waals surface area contributed by atoms with Crippen molar-refractivity contribution >= 4 is 23.2 Å². The fourth-order valence-electron chi connectivity index (χ4n) is 1.97. The molecule has 0 saturated carbocycles. The zero-order valence-electron chi connectivity index (χ0n) is 10.2. The summed E-state index contributed by atoms with van der Waals surface area (Å²) < 4.78 is 0. The van der Waals surface area contributed by atoms with Crippen LogP contribution in [0.5, 0.6) is 0 Å². The highest BCUT2D eigenvalue weighted by molar-refractivity contribution is 6.43. The van der Waals surface area contributed by atoms with E-state index in [1.807, 2.05) is 36.4 Å². The topological polar surface area (TPSA) is 61.5 Å². The Labute approximate surface area is 124 Å². The second-order valence-corrected chi connectivity index (χ2v) is 4.99. The molecule has 2 N–H and O–H groups in total. The minimum Gasteiger partial charge on any atom is -0.289 e. The molecule has 0 atom stereocenters. The van der Waals surface area contributed by atoms with Crippen LogP contribution in [0.4, 0.5) is 0 Å². The summed E-state index contributed by atoms with van der Waals surface area (Å²) in [7, 11) is 0. The molecule has 0 unspecified atom stereocenters. The molecule has 1 aromatic heterocycles. The van der Waals surface area contributed by atoms with E-state index in [2.05, 4.69) is 15.2 Å². The first-order valence-electron chi connectivity index (χ1n) is 5.84. The lowest BCUT2D eigenvalue weighted by atomic mass is 10.0. The van der Waals surface area contributed by atoms with Crippen molar-refractivity contribution in [1.82, 2.24) is 15.2 Å². The van der Waals surface area contributed by atoms with Gasteiger partial charge in [-0.25, -0.2) is 9.89 Å². The largest absolute Gasteiger partial charge is 0.340 e. The number of benzene rings is 2. The lowest BCUT2D eigenvalue weighted by Gasteiger charge is -2.07. The van der Waals surface area contributed by atoms with E-state index in [9.17, 15) is 4.79 Å². The predicted molar refractivity (Wildman–Crippen MR) is 80.1 cm³/mol. The molecule has 0 aliphatic carbocycles. The standard InChI is InChI=1S/C14H9Cl2N3O/c15-11-6-2-5-10(12(11)16)8-3-1-4-9(7-8)13-17-14(20)19-18-13/h1-7H,(H2,17,18,19,20). The molecule has 0 saturated heterocycles. The van der Waals surface area contributed by atoms with E-state index >= 15 is 0 Å². The number of hydrogen-bond acceptors (Lipinski definition) is 2. The Morgan fingerprint density at radius 2 is 1.75 bits per heavy atom. The smallest absolute Gasteiger partial charge is 0.289 e. The van der Waals surface area contributed by atoms with Crippen LogP contribution in [-0.4, -0.2) is 15.2 Å². The number of rotatable bonds is 2. The van der Waals surface area contributed by atoms with Crippen molar-refractivity contribution in [2.24, 2.45) is 0 Å². The van der Waals surface area contributed by atoms with E-state index in [1.54, 1.807) is 6.07 Å². The molecule has 20 heavy (non-hydrogen) atoms. The lowest BCUT2D eigenvalue weighted by molar-refractivity contribution is 1.05. The van der Waals surface area contributed by atoms with Crippen LogP contribution in [-0.2, 0) is 0 Å². The summed E-state index contributed by atoms with van der Waals surface area (Å²) in [4.78, 5) is 13.7. The molecule has 0 aliphatic heterocycles. The molecule has 0 fully saturated rings. The maximum atomic E-state index is 11.1. The van der Waals surface area contributed by atoms with Crippen LogP contribution < -0.4 is 5.69 Å². The molecular formula is C14H9Cl2N3O. The van der Waals surface area contributed by atoms with Crippen LogP contribution in [0, 0.1) is 0 Å². The maximum absolute atomic E-state index is 11.1. The van der Waals surface area contributed by atoms with Gasteiger partial charge in [-0.15, -0.1) is 0 Å². The third-order valence-electron chi connectivity index (χ3n) is 2.90. The Kier molecular flexibility index (Phi) is 3.34. The Bertz CT molecular complexity index is 823. The van der Waals surface area contributed by atoms with Gasteiger partial charge in [-0.05, 0) is 17.7 Å². The van der Waals surface area contributed by atoms with Crippen molar-refractivity contribution in [3.63, 3.8) is 0 Å². The molecule has 0 spiro atoms. The summed E-state index contributed by atoms with van der Waals surface area (Å²) in [6.45, 7) is 0. The number of aromatic amines is 2. The van der Waals surface area contributed by atoms with Gasteiger partial charge in [0.25, 0.3) is 0 Å². The van der Waals surface area contributed by atoms with Crippen LogP contribution in [0.25, 0.3) is 22.5 Å². The van der Waals surface area contributed by atoms with Gasteiger partial charge in [0, 0.05) is 11.1 Å². The SMILES string of the molecule is O=c1[nH]nc(-c2cccc(-c3cccc(Cl)c3Cl)c2)[nH]1. The molecule has 0 bridgehead atoms. The molecule has 100 valence electrons. The van der Waals surface area contributed by atoms with Crippen molar-refractivity contribution in [2.75, 3.05) is 0 Å². The normalized spacial score (nSPS) is 10.7. The van der Waals surface area contributed by atoms with E-state index in [-0.39, 0.29) is 5.69 Å². The number of hydrogen-bond donors (Lipinski definition) is 2. The second kappa shape index (κ2) is 5.15. The van der Waals surface area contributed by atoms with Crippen LogP contribution in [0.3, 0.4) is 0 Å². The van der Waals surface area contributed by atoms with Crippen molar-refractivity contribution in [1.29, 1.82) is 0 Å². The van der Waals surface area contributed by atoms with Gasteiger partial charge in [-0.1, -0.05) is 53.5 Å². The Balaban J connectivity index is 2.12. The molecule has 3 rings (SSSR count). The summed E-state index contributed by atoms with van der Waals surface area (Å²) in [5, 5.41) is 7.25. The fourth-order valence-corrected chi connectivity index (χ4v) is 2.38. The Hall–Kier alpha value is -2.04. The molecule has 6 heteroatoms. The van der Waals surface area contributed by atoms with Gasteiger partial charge in [-0.3, -0.25) is 4.98 Å². The van der Waals surface area contributed by atoms with Gasteiger partial charge in [0.15, 0.2) is 5.82 Å². The first kappa shape index (κ1) is 13.0. The second-order valence-electron chi connectivity index (χ2n) is 4.21. The van der Waals surface area contributed by atoms with Crippen LogP contribution in [0.15, 0.2) is 47.3 Å². The van der Waals surface area contributed by atoms with E-state index < -0.39 is 0 Å². The zero-order valence-corrected chi connectivity index (χ0v) is 11.7. The third-order valence-corrected chi connectivity index (χ3v) is 3.72. The Morgan fingerprint density at radius 1 is 1.00 bits per heavy atom.